The molecular formula is C14H16N2O3. The van der Waals surface area contributed by atoms with Gasteiger partial charge in [-0.1, -0.05) is 12.1 Å². The minimum absolute atomic E-state index is 0.0149. The number of hydrogen-bond acceptors (Lipinski definition) is 4. The van der Waals surface area contributed by atoms with E-state index in [1.807, 2.05) is 12.1 Å². The summed E-state index contributed by atoms with van der Waals surface area (Å²) < 4.78 is 0. The van der Waals surface area contributed by atoms with Gasteiger partial charge < -0.3 is 15.5 Å². The number of benzene rings is 1. The number of pyridine rings is 1. The van der Waals surface area contributed by atoms with Crippen molar-refractivity contribution in [2.24, 2.45) is 0 Å². The maximum Gasteiger partial charge on any atom is 0.252 e. The van der Waals surface area contributed by atoms with E-state index >= 15 is 0 Å². The highest BCUT2D eigenvalue weighted by atomic mass is 16.3. The van der Waals surface area contributed by atoms with Crippen molar-refractivity contribution in [2.75, 3.05) is 13.2 Å². The van der Waals surface area contributed by atoms with Gasteiger partial charge in [0.2, 0.25) is 0 Å². The molecule has 3 N–H and O–H groups in total. The highest BCUT2D eigenvalue weighted by molar-refractivity contribution is 6.06. The minimum atomic E-state index is -1.32. The number of rotatable bonds is 4. The van der Waals surface area contributed by atoms with Crippen molar-refractivity contribution < 1.29 is 15.0 Å². The SMILES string of the molecule is CC(O)(CO)CNC(=O)c1cccc2ncccc12. The number of fused-ring (bicyclic) bond motifs is 1. The number of aromatic nitrogens is 1. The summed E-state index contributed by atoms with van der Waals surface area (Å²) in [5, 5.41) is 22.0. The Morgan fingerprint density at radius 1 is 1.37 bits per heavy atom. The average Bonchev–Trinajstić information content (AvgIpc) is 2.44. The first kappa shape index (κ1) is 13.5. The molecule has 0 bridgehead atoms. The number of carbonyl (C=O) groups is 1. The molecule has 0 saturated heterocycles. The lowest BCUT2D eigenvalue weighted by molar-refractivity contribution is 0.00321. The molecule has 2 aromatic rings. The van der Waals surface area contributed by atoms with Gasteiger partial charge >= 0.3 is 0 Å². The van der Waals surface area contributed by atoms with E-state index < -0.39 is 12.2 Å². The summed E-state index contributed by atoms with van der Waals surface area (Å²) in [7, 11) is 0. The molecule has 19 heavy (non-hydrogen) atoms. The van der Waals surface area contributed by atoms with Gasteiger partial charge in [0, 0.05) is 23.7 Å². The lowest BCUT2D eigenvalue weighted by Gasteiger charge is -2.20. The van der Waals surface area contributed by atoms with Gasteiger partial charge in [0.05, 0.1) is 12.1 Å². The van der Waals surface area contributed by atoms with E-state index in [0.717, 1.165) is 10.9 Å². The van der Waals surface area contributed by atoms with E-state index in [4.69, 9.17) is 5.11 Å². The van der Waals surface area contributed by atoms with Gasteiger partial charge in [-0.25, -0.2) is 0 Å². The number of aliphatic hydroxyl groups is 2. The molecule has 0 saturated carbocycles. The van der Waals surface area contributed by atoms with Crippen molar-refractivity contribution in [3.63, 3.8) is 0 Å². The molecule has 2 rings (SSSR count). The quantitative estimate of drug-likeness (QED) is 0.756. The normalized spacial score (nSPS) is 14.1. The van der Waals surface area contributed by atoms with Crippen LogP contribution in [-0.2, 0) is 0 Å². The lowest BCUT2D eigenvalue weighted by atomic mass is 10.1. The molecule has 1 unspecified atom stereocenters. The largest absolute Gasteiger partial charge is 0.393 e. The van der Waals surface area contributed by atoms with Crippen LogP contribution in [0.15, 0.2) is 36.5 Å². The third kappa shape index (κ3) is 3.07. The predicted octanol–water partition coefficient (Wildman–Crippen LogP) is 0.708. The molecule has 100 valence electrons. The number of amides is 1. The minimum Gasteiger partial charge on any atom is -0.393 e. The summed E-state index contributed by atoms with van der Waals surface area (Å²) in [6.07, 6.45) is 1.67. The van der Waals surface area contributed by atoms with Crippen LogP contribution in [0.3, 0.4) is 0 Å². The number of hydrogen-bond donors (Lipinski definition) is 3. The van der Waals surface area contributed by atoms with Gasteiger partial charge in [-0.2, -0.15) is 0 Å². The Kier molecular flexibility index (Phi) is 3.78. The van der Waals surface area contributed by atoms with E-state index in [1.165, 1.54) is 6.92 Å². The molecule has 0 aliphatic carbocycles. The summed E-state index contributed by atoms with van der Waals surface area (Å²) in [5.41, 5.74) is -0.0817. The number of nitrogens with one attached hydrogen (secondary N) is 1. The predicted molar refractivity (Wildman–Crippen MR) is 71.8 cm³/mol. The van der Waals surface area contributed by atoms with Crippen LogP contribution >= 0.6 is 0 Å². The van der Waals surface area contributed by atoms with E-state index in [1.54, 1.807) is 24.4 Å². The van der Waals surface area contributed by atoms with Crippen molar-refractivity contribution in [1.82, 2.24) is 10.3 Å². The average molecular weight is 260 g/mol. The molecule has 0 aliphatic rings. The summed E-state index contributed by atoms with van der Waals surface area (Å²) in [6.45, 7) is 1.03. The van der Waals surface area contributed by atoms with E-state index in [-0.39, 0.29) is 12.5 Å². The second-order valence-corrected chi connectivity index (χ2v) is 4.71. The molecule has 5 heteroatoms. The zero-order valence-corrected chi connectivity index (χ0v) is 10.6. The standard InChI is InChI=1S/C14H16N2O3/c1-14(19,9-17)8-16-13(18)11-4-2-6-12-10(11)5-3-7-15-12/h2-7,17,19H,8-9H2,1H3,(H,16,18). The highest BCUT2D eigenvalue weighted by Gasteiger charge is 2.20. The summed E-state index contributed by atoms with van der Waals surface area (Å²) in [6, 6.07) is 8.88. The molecule has 1 atom stereocenters. The molecule has 1 aromatic carbocycles. The number of carbonyl (C=O) groups excluding carboxylic acids is 1. The maximum atomic E-state index is 12.1. The van der Waals surface area contributed by atoms with Crippen LogP contribution in [0, 0.1) is 0 Å². The van der Waals surface area contributed by atoms with Crippen LogP contribution < -0.4 is 5.32 Å². The molecule has 1 heterocycles. The second kappa shape index (κ2) is 5.34. The van der Waals surface area contributed by atoms with Gasteiger partial charge in [0.15, 0.2) is 0 Å². The van der Waals surface area contributed by atoms with Crippen LogP contribution in [-0.4, -0.2) is 39.9 Å². The van der Waals surface area contributed by atoms with Crippen molar-refractivity contribution in [3.8, 4) is 0 Å². The van der Waals surface area contributed by atoms with Crippen molar-refractivity contribution in [2.45, 2.75) is 12.5 Å². The monoisotopic (exact) mass is 260 g/mol. The molecule has 1 amide bonds. The Morgan fingerprint density at radius 3 is 2.89 bits per heavy atom. The molecule has 0 spiro atoms. The van der Waals surface area contributed by atoms with Crippen molar-refractivity contribution in [1.29, 1.82) is 0 Å². The first-order valence-electron chi connectivity index (χ1n) is 5.99. The molecular weight excluding hydrogens is 244 g/mol. The van der Waals surface area contributed by atoms with Gasteiger partial charge in [0.1, 0.15) is 5.60 Å². The molecule has 5 nitrogen and oxygen atoms in total. The zero-order valence-electron chi connectivity index (χ0n) is 10.6. The number of nitrogens with zero attached hydrogens (tertiary/aromatic N) is 1. The highest BCUT2D eigenvalue weighted by Crippen LogP contribution is 2.16. The lowest BCUT2D eigenvalue weighted by Crippen LogP contribution is -2.43. The van der Waals surface area contributed by atoms with Crippen molar-refractivity contribution >= 4 is 16.8 Å². The van der Waals surface area contributed by atoms with Crippen LogP contribution in [0.25, 0.3) is 10.9 Å². The zero-order chi connectivity index (χ0) is 13.9. The Morgan fingerprint density at radius 2 is 2.16 bits per heavy atom. The van der Waals surface area contributed by atoms with E-state index in [2.05, 4.69) is 10.3 Å². The third-order valence-electron chi connectivity index (χ3n) is 2.86. The van der Waals surface area contributed by atoms with Gasteiger partial charge in [0.25, 0.3) is 5.91 Å². The molecule has 0 radical (unpaired) electrons. The van der Waals surface area contributed by atoms with Crippen LogP contribution in [0.5, 0.6) is 0 Å². The first-order valence-corrected chi connectivity index (χ1v) is 5.99. The van der Waals surface area contributed by atoms with Gasteiger partial charge in [-0.15, -0.1) is 0 Å². The van der Waals surface area contributed by atoms with Crippen LogP contribution in [0.1, 0.15) is 17.3 Å². The van der Waals surface area contributed by atoms with E-state index in [9.17, 15) is 9.90 Å². The van der Waals surface area contributed by atoms with Crippen LogP contribution in [0.4, 0.5) is 0 Å². The fourth-order valence-corrected chi connectivity index (χ4v) is 1.72. The maximum absolute atomic E-state index is 12.1. The summed E-state index contributed by atoms with van der Waals surface area (Å²) >= 11 is 0. The first-order chi connectivity index (χ1) is 9.03. The Labute approximate surface area is 110 Å². The summed E-state index contributed by atoms with van der Waals surface area (Å²) in [5.74, 6) is -0.299. The smallest absolute Gasteiger partial charge is 0.252 e. The Balaban J connectivity index is 2.23. The topological polar surface area (TPSA) is 82.5 Å². The van der Waals surface area contributed by atoms with Gasteiger partial charge in [-0.05, 0) is 25.1 Å². The van der Waals surface area contributed by atoms with Crippen molar-refractivity contribution in [3.05, 3.63) is 42.1 Å². The summed E-state index contributed by atoms with van der Waals surface area (Å²) in [4.78, 5) is 16.3. The second-order valence-electron chi connectivity index (χ2n) is 4.71. The Hall–Kier alpha value is -1.98. The molecule has 0 aliphatic heterocycles. The van der Waals surface area contributed by atoms with E-state index in [0.29, 0.717) is 5.56 Å². The Bertz CT molecular complexity index is 591. The third-order valence-corrected chi connectivity index (χ3v) is 2.86. The number of aliphatic hydroxyl groups excluding tert-OH is 1. The van der Waals surface area contributed by atoms with Gasteiger partial charge in [-0.3, -0.25) is 9.78 Å². The van der Waals surface area contributed by atoms with Crippen LogP contribution in [0.2, 0.25) is 0 Å². The fourth-order valence-electron chi connectivity index (χ4n) is 1.72. The molecule has 1 aromatic heterocycles. The fraction of sp³-hybridized carbons (Fsp3) is 0.286. The molecule has 0 fully saturated rings.